The van der Waals surface area contributed by atoms with Crippen molar-refractivity contribution in [1.82, 2.24) is 15.0 Å². The number of aromatic nitrogens is 3. The first-order valence-corrected chi connectivity index (χ1v) is 8.96. The van der Waals surface area contributed by atoms with Crippen LogP contribution >= 0.6 is 7.82 Å². The van der Waals surface area contributed by atoms with Crippen LogP contribution in [-0.4, -0.2) is 15.0 Å². The molecule has 3 rings (SSSR count). The molecule has 2 N–H and O–H groups in total. The highest BCUT2D eigenvalue weighted by molar-refractivity contribution is 7.49. The van der Waals surface area contributed by atoms with Crippen LogP contribution in [0.1, 0.15) is 5.69 Å². The zero-order valence-electron chi connectivity index (χ0n) is 13.3. The maximum atomic E-state index is 13.0. The molecule has 0 fully saturated rings. The van der Waals surface area contributed by atoms with Gasteiger partial charge in [0, 0.05) is 6.54 Å². The number of phosphoric ester groups is 1. The fraction of sp³-hybridized carbons (Fsp3) is 0.125. The molecule has 25 heavy (non-hydrogen) atoms. The maximum absolute atomic E-state index is 13.0. The third kappa shape index (κ3) is 4.90. The van der Waals surface area contributed by atoms with E-state index < -0.39 is 7.82 Å². The third-order valence-corrected chi connectivity index (χ3v) is 4.35. The standard InChI is InChI=1S/C16H17N4O4P/c17-11-14-12-18-20(19-14)13-22-25(21,23-15-7-3-1-4-8-15)24-16-9-5-2-6-10-16/h1-10,12H,11,13,17H2. The predicted molar refractivity (Wildman–Crippen MR) is 90.7 cm³/mol. The molecule has 1 heterocycles. The van der Waals surface area contributed by atoms with Crippen LogP contribution in [0.2, 0.25) is 0 Å². The zero-order chi connectivity index (χ0) is 17.5. The lowest BCUT2D eigenvalue weighted by Crippen LogP contribution is -2.11. The summed E-state index contributed by atoms with van der Waals surface area (Å²) in [6.45, 7) is 0.0373. The van der Waals surface area contributed by atoms with E-state index >= 15 is 0 Å². The van der Waals surface area contributed by atoms with Gasteiger partial charge in [-0.25, -0.2) is 9.09 Å². The van der Waals surface area contributed by atoms with Crippen LogP contribution in [0.5, 0.6) is 11.5 Å². The number of nitrogens with zero attached hydrogens (tertiary/aromatic N) is 3. The molecule has 0 bridgehead atoms. The third-order valence-electron chi connectivity index (χ3n) is 3.05. The van der Waals surface area contributed by atoms with Gasteiger partial charge >= 0.3 is 7.82 Å². The second-order valence-electron chi connectivity index (χ2n) is 4.93. The molecule has 0 radical (unpaired) electrons. The molecule has 130 valence electrons. The van der Waals surface area contributed by atoms with E-state index in [1.165, 1.54) is 11.0 Å². The fourth-order valence-corrected chi connectivity index (χ4v) is 3.05. The molecule has 0 saturated carbocycles. The van der Waals surface area contributed by atoms with Crippen molar-refractivity contribution in [3.63, 3.8) is 0 Å². The van der Waals surface area contributed by atoms with Crippen molar-refractivity contribution >= 4 is 7.82 Å². The lowest BCUT2D eigenvalue weighted by molar-refractivity contribution is 0.144. The van der Waals surface area contributed by atoms with E-state index in [1.54, 1.807) is 48.5 Å². The van der Waals surface area contributed by atoms with E-state index in [0.29, 0.717) is 17.2 Å². The molecule has 9 heteroatoms. The lowest BCUT2D eigenvalue weighted by atomic mass is 10.3. The van der Waals surface area contributed by atoms with Gasteiger partial charge in [0.1, 0.15) is 11.5 Å². The topological polar surface area (TPSA) is 101 Å². The van der Waals surface area contributed by atoms with Gasteiger partial charge in [-0.1, -0.05) is 36.4 Å². The maximum Gasteiger partial charge on any atom is 0.589 e. The van der Waals surface area contributed by atoms with Crippen LogP contribution in [0.25, 0.3) is 0 Å². The molecule has 0 atom stereocenters. The molecule has 2 aromatic carbocycles. The number of hydrogen-bond donors (Lipinski definition) is 1. The van der Waals surface area contributed by atoms with Crippen molar-refractivity contribution < 1.29 is 18.1 Å². The zero-order valence-corrected chi connectivity index (χ0v) is 14.2. The summed E-state index contributed by atoms with van der Waals surface area (Å²) in [5, 5.41) is 8.04. The van der Waals surface area contributed by atoms with Gasteiger partial charge in [0.2, 0.25) is 0 Å². The minimum Gasteiger partial charge on any atom is -0.395 e. The highest BCUT2D eigenvalue weighted by Crippen LogP contribution is 2.49. The first-order chi connectivity index (χ1) is 12.2. The molecular weight excluding hydrogens is 343 g/mol. The van der Waals surface area contributed by atoms with E-state index in [-0.39, 0.29) is 13.3 Å². The Labute approximate surface area is 144 Å². The Morgan fingerprint density at radius 3 is 2.00 bits per heavy atom. The van der Waals surface area contributed by atoms with Crippen LogP contribution in [0.3, 0.4) is 0 Å². The number of rotatable bonds is 8. The van der Waals surface area contributed by atoms with Gasteiger partial charge in [0.05, 0.1) is 11.9 Å². The van der Waals surface area contributed by atoms with Crippen LogP contribution in [0.4, 0.5) is 0 Å². The second-order valence-corrected chi connectivity index (χ2v) is 6.44. The summed E-state index contributed by atoms with van der Waals surface area (Å²) in [5.41, 5.74) is 6.08. The normalized spacial score (nSPS) is 11.2. The van der Waals surface area contributed by atoms with Gasteiger partial charge in [0.25, 0.3) is 0 Å². The Balaban J connectivity index is 1.76. The summed E-state index contributed by atoms with van der Waals surface area (Å²) < 4.78 is 29.4. The Kier molecular flexibility index (Phi) is 5.45. The van der Waals surface area contributed by atoms with Crippen LogP contribution in [-0.2, 0) is 22.4 Å². The van der Waals surface area contributed by atoms with Crippen molar-refractivity contribution in [2.75, 3.05) is 0 Å². The molecule has 0 unspecified atom stereocenters. The van der Waals surface area contributed by atoms with Gasteiger partial charge in [-0.2, -0.15) is 15.0 Å². The summed E-state index contributed by atoms with van der Waals surface area (Å²) in [5.74, 6) is 0.718. The van der Waals surface area contributed by atoms with Gasteiger partial charge in [-0.3, -0.25) is 0 Å². The number of para-hydroxylation sites is 2. The van der Waals surface area contributed by atoms with Crippen molar-refractivity contribution in [3.8, 4) is 11.5 Å². The number of hydrogen-bond acceptors (Lipinski definition) is 7. The van der Waals surface area contributed by atoms with Crippen LogP contribution < -0.4 is 14.8 Å². The quantitative estimate of drug-likeness (QED) is 0.616. The second kappa shape index (κ2) is 7.94. The summed E-state index contributed by atoms with van der Waals surface area (Å²) in [6.07, 6.45) is 1.50. The fourth-order valence-electron chi connectivity index (χ4n) is 1.90. The average molecular weight is 360 g/mol. The molecule has 3 aromatic rings. The van der Waals surface area contributed by atoms with Crippen molar-refractivity contribution in [1.29, 1.82) is 0 Å². The SMILES string of the molecule is NCc1cnn(COP(=O)(Oc2ccccc2)Oc2ccccc2)n1. The lowest BCUT2D eigenvalue weighted by Gasteiger charge is -2.18. The molecule has 1 aromatic heterocycles. The van der Waals surface area contributed by atoms with Crippen molar-refractivity contribution in [3.05, 3.63) is 72.6 Å². The first kappa shape index (κ1) is 17.2. The minimum absolute atomic E-state index is 0.211. The average Bonchev–Trinajstić information content (AvgIpc) is 3.10. The first-order valence-electron chi connectivity index (χ1n) is 7.50. The monoisotopic (exact) mass is 360 g/mol. The Morgan fingerprint density at radius 2 is 1.52 bits per heavy atom. The Morgan fingerprint density at radius 1 is 0.960 bits per heavy atom. The van der Waals surface area contributed by atoms with E-state index in [4.69, 9.17) is 19.3 Å². The summed E-state index contributed by atoms with van der Waals surface area (Å²) in [4.78, 5) is 1.22. The van der Waals surface area contributed by atoms with E-state index in [9.17, 15) is 4.57 Å². The Hall–Kier alpha value is -2.67. The highest BCUT2D eigenvalue weighted by atomic mass is 31.2. The Bertz CT molecular complexity index is 796. The molecule has 0 spiro atoms. The van der Waals surface area contributed by atoms with Crippen LogP contribution in [0, 0.1) is 0 Å². The molecule has 0 aliphatic heterocycles. The molecule has 0 saturated heterocycles. The van der Waals surface area contributed by atoms with Gasteiger partial charge in [0.15, 0.2) is 6.73 Å². The summed E-state index contributed by atoms with van der Waals surface area (Å²) in [7, 11) is -3.96. The van der Waals surface area contributed by atoms with Crippen molar-refractivity contribution in [2.45, 2.75) is 13.3 Å². The minimum atomic E-state index is -3.96. The number of phosphoric acid groups is 1. The van der Waals surface area contributed by atoms with E-state index in [1.807, 2.05) is 12.1 Å². The van der Waals surface area contributed by atoms with Gasteiger partial charge in [-0.15, -0.1) is 0 Å². The smallest absolute Gasteiger partial charge is 0.395 e. The summed E-state index contributed by atoms with van der Waals surface area (Å²) >= 11 is 0. The van der Waals surface area contributed by atoms with E-state index in [0.717, 1.165) is 0 Å². The molecule has 8 nitrogen and oxygen atoms in total. The molecule has 0 amide bonds. The van der Waals surface area contributed by atoms with Gasteiger partial charge in [-0.05, 0) is 24.3 Å². The molecule has 0 aliphatic carbocycles. The van der Waals surface area contributed by atoms with Crippen molar-refractivity contribution in [2.24, 2.45) is 5.73 Å². The van der Waals surface area contributed by atoms with E-state index in [2.05, 4.69) is 10.2 Å². The predicted octanol–water partition coefficient (Wildman–Crippen LogP) is 2.98. The molecular formula is C16H17N4O4P. The number of nitrogens with two attached hydrogens (primary N) is 1. The summed E-state index contributed by atoms with van der Waals surface area (Å²) in [6, 6.07) is 17.3. The number of benzene rings is 2. The van der Waals surface area contributed by atoms with Crippen LogP contribution in [0.15, 0.2) is 66.9 Å². The molecule has 0 aliphatic rings. The van der Waals surface area contributed by atoms with Gasteiger partial charge < -0.3 is 14.8 Å². The largest absolute Gasteiger partial charge is 0.589 e. The highest BCUT2D eigenvalue weighted by Gasteiger charge is 2.31.